The van der Waals surface area contributed by atoms with Crippen molar-refractivity contribution in [3.05, 3.63) is 34.5 Å². The summed E-state index contributed by atoms with van der Waals surface area (Å²) in [5.41, 5.74) is -0.402. The summed E-state index contributed by atoms with van der Waals surface area (Å²) in [5, 5.41) is 9.00. The minimum Gasteiger partial charge on any atom is -0.504 e. The predicted molar refractivity (Wildman–Crippen MR) is 45.5 cm³/mol. The van der Waals surface area contributed by atoms with Gasteiger partial charge in [-0.25, -0.2) is 0 Å². The van der Waals surface area contributed by atoms with Crippen LogP contribution in [0.3, 0.4) is 0 Å². The van der Waals surface area contributed by atoms with E-state index in [2.05, 4.69) is 0 Å². The molecule has 0 aliphatic heterocycles. The summed E-state index contributed by atoms with van der Waals surface area (Å²) >= 11 is 0. The highest BCUT2D eigenvalue weighted by Crippen LogP contribution is 2.09. The second-order valence-corrected chi connectivity index (χ2v) is 2.25. The molecular weight excluding hydrogens is 156 g/mol. The zero-order valence-electron chi connectivity index (χ0n) is 6.78. The fraction of sp³-hybridized carbons (Fsp3) is 0.222. The molecule has 3 nitrogen and oxygen atoms in total. The maximum atomic E-state index is 10.9. The molecule has 0 saturated heterocycles. The number of hydrogen-bond donors (Lipinski definition) is 1. The summed E-state index contributed by atoms with van der Waals surface area (Å²) in [7, 11) is 0. The first-order valence-electron chi connectivity index (χ1n) is 3.70. The van der Waals surface area contributed by atoms with E-state index in [1.54, 1.807) is 6.07 Å². The lowest BCUT2D eigenvalue weighted by Gasteiger charge is -1.96. The first-order valence-corrected chi connectivity index (χ1v) is 3.70. The third-order valence-electron chi connectivity index (χ3n) is 1.37. The van der Waals surface area contributed by atoms with Gasteiger partial charge >= 0.3 is 0 Å². The van der Waals surface area contributed by atoms with Gasteiger partial charge in [0.2, 0.25) is 5.43 Å². The van der Waals surface area contributed by atoms with Crippen molar-refractivity contribution in [2.75, 3.05) is 6.61 Å². The fourth-order valence-electron chi connectivity index (χ4n) is 0.805. The van der Waals surface area contributed by atoms with Crippen molar-refractivity contribution in [1.82, 2.24) is 0 Å². The van der Waals surface area contributed by atoms with Gasteiger partial charge in [-0.15, -0.1) is 0 Å². The van der Waals surface area contributed by atoms with Gasteiger partial charge in [-0.2, -0.15) is 0 Å². The molecule has 0 saturated carbocycles. The van der Waals surface area contributed by atoms with Gasteiger partial charge in [0.1, 0.15) is 5.75 Å². The Hall–Kier alpha value is -1.51. The van der Waals surface area contributed by atoms with Gasteiger partial charge in [0, 0.05) is 0 Å². The van der Waals surface area contributed by atoms with E-state index < -0.39 is 5.43 Å². The Balaban J connectivity index is 3.08. The van der Waals surface area contributed by atoms with Crippen molar-refractivity contribution in [1.29, 1.82) is 0 Å². The largest absolute Gasteiger partial charge is 0.504 e. The Morgan fingerprint density at radius 3 is 2.67 bits per heavy atom. The molecule has 1 N–H and O–H groups in total. The third-order valence-corrected chi connectivity index (χ3v) is 1.37. The van der Waals surface area contributed by atoms with Crippen LogP contribution in [-0.2, 0) is 0 Å². The van der Waals surface area contributed by atoms with Crippen LogP contribution in [0.15, 0.2) is 29.1 Å². The fourth-order valence-corrected chi connectivity index (χ4v) is 0.805. The number of rotatable bonds is 2. The highest BCUT2D eigenvalue weighted by Gasteiger charge is 1.93. The Labute approximate surface area is 70.2 Å². The molecule has 1 aromatic carbocycles. The molecule has 0 atom stereocenters. The summed E-state index contributed by atoms with van der Waals surface area (Å²) in [6.07, 6.45) is 0. The molecular formula is C9H10O3. The van der Waals surface area contributed by atoms with Gasteiger partial charge in [-0.05, 0) is 31.2 Å². The van der Waals surface area contributed by atoms with Crippen molar-refractivity contribution in [2.24, 2.45) is 0 Å². The van der Waals surface area contributed by atoms with Crippen LogP contribution in [0.2, 0.25) is 0 Å². The van der Waals surface area contributed by atoms with E-state index in [9.17, 15) is 4.79 Å². The molecule has 0 amide bonds. The first-order chi connectivity index (χ1) is 5.74. The van der Waals surface area contributed by atoms with Crippen LogP contribution in [0.1, 0.15) is 6.92 Å². The van der Waals surface area contributed by atoms with Crippen LogP contribution in [0.5, 0.6) is 11.5 Å². The zero-order chi connectivity index (χ0) is 8.97. The predicted octanol–water partition coefficient (Wildman–Crippen LogP) is 1.15. The van der Waals surface area contributed by atoms with E-state index in [1.165, 1.54) is 18.2 Å². The molecule has 0 spiro atoms. The molecule has 64 valence electrons. The second kappa shape index (κ2) is 3.76. The monoisotopic (exact) mass is 166 g/mol. The summed E-state index contributed by atoms with van der Waals surface area (Å²) < 4.78 is 5.13. The summed E-state index contributed by atoms with van der Waals surface area (Å²) in [6, 6.07) is 5.69. The van der Waals surface area contributed by atoms with Crippen LogP contribution in [0.4, 0.5) is 0 Å². The lowest BCUT2D eigenvalue weighted by Crippen LogP contribution is -1.91. The van der Waals surface area contributed by atoms with Crippen molar-refractivity contribution in [3.63, 3.8) is 0 Å². The maximum absolute atomic E-state index is 10.9. The SMILES string of the molecule is CCOc1ccc(O)c(=O)cc1. The lowest BCUT2D eigenvalue weighted by atomic mass is 10.5. The second-order valence-electron chi connectivity index (χ2n) is 2.25. The maximum Gasteiger partial charge on any atom is 0.220 e. The van der Waals surface area contributed by atoms with Gasteiger partial charge in [0.05, 0.1) is 6.61 Å². The standard InChI is InChI=1S/C9H10O3/c1-2-12-7-3-5-8(10)9(11)6-4-7/h3-6H,2H2,1H3,(H,10,11). The van der Waals surface area contributed by atoms with Crippen LogP contribution in [-0.4, -0.2) is 11.7 Å². The summed E-state index contributed by atoms with van der Waals surface area (Å²) in [6.45, 7) is 2.39. The molecule has 0 unspecified atom stereocenters. The van der Waals surface area contributed by atoms with E-state index in [0.29, 0.717) is 12.4 Å². The number of ether oxygens (including phenoxy) is 1. The molecule has 1 aromatic rings. The topological polar surface area (TPSA) is 46.5 Å². The van der Waals surface area contributed by atoms with E-state index >= 15 is 0 Å². The average molecular weight is 166 g/mol. The average Bonchev–Trinajstić information content (AvgIpc) is 2.20. The van der Waals surface area contributed by atoms with Gasteiger partial charge in [-0.1, -0.05) is 0 Å². The van der Waals surface area contributed by atoms with Crippen molar-refractivity contribution >= 4 is 0 Å². The molecule has 0 aliphatic rings. The highest BCUT2D eigenvalue weighted by molar-refractivity contribution is 5.27. The van der Waals surface area contributed by atoms with Gasteiger partial charge in [-0.3, -0.25) is 4.79 Å². The van der Waals surface area contributed by atoms with Crippen LogP contribution in [0.25, 0.3) is 0 Å². The van der Waals surface area contributed by atoms with Gasteiger partial charge in [0.25, 0.3) is 0 Å². The van der Waals surface area contributed by atoms with E-state index in [1.807, 2.05) is 6.92 Å². The zero-order valence-corrected chi connectivity index (χ0v) is 6.78. The van der Waals surface area contributed by atoms with Gasteiger partial charge < -0.3 is 9.84 Å². The van der Waals surface area contributed by atoms with E-state index in [0.717, 1.165) is 0 Å². The Bertz CT molecular complexity index is 320. The Morgan fingerprint density at radius 2 is 2.00 bits per heavy atom. The number of aromatic hydroxyl groups is 1. The van der Waals surface area contributed by atoms with Crippen LogP contribution < -0.4 is 10.2 Å². The first kappa shape index (κ1) is 8.59. The van der Waals surface area contributed by atoms with Crippen LogP contribution in [0, 0.1) is 0 Å². The molecule has 0 aromatic heterocycles. The normalized spacial score (nSPS) is 9.42. The quantitative estimate of drug-likeness (QED) is 0.716. The molecule has 3 heteroatoms. The van der Waals surface area contributed by atoms with Crippen molar-refractivity contribution in [2.45, 2.75) is 6.92 Å². The third kappa shape index (κ3) is 1.99. The lowest BCUT2D eigenvalue weighted by molar-refractivity contribution is 0.340. The van der Waals surface area contributed by atoms with Crippen molar-refractivity contribution in [3.8, 4) is 11.5 Å². The minimum atomic E-state index is -0.402. The summed E-state index contributed by atoms with van der Waals surface area (Å²) in [5.74, 6) is 0.316. The van der Waals surface area contributed by atoms with Crippen LogP contribution >= 0.6 is 0 Å². The highest BCUT2D eigenvalue weighted by atomic mass is 16.5. The molecule has 0 radical (unpaired) electrons. The van der Waals surface area contributed by atoms with E-state index in [-0.39, 0.29) is 5.75 Å². The molecule has 0 fully saturated rings. The molecule has 0 heterocycles. The Kier molecular flexibility index (Phi) is 2.69. The molecule has 0 aliphatic carbocycles. The minimum absolute atomic E-state index is 0.263. The van der Waals surface area contributed by atoms with Crippen molar-refractivity contribution < 1.29 is 9.84 Å². The Morgan fingerprint density at radius 1 is 1.33 bits per heavy atom. The molecule has 12 heavy (non-hydrogen) atoms. The number of hydrogen-bond acceptors (Lipinski definition) is 3. The van der Waals surface area contributed by atoms with Gasteiger partial charge in [0.15, 0.2) is 5.75 Å². The summed E-state index contributed by atoms with van der Waals surface area (Å²) in [4.78, 5) is 10.9. The smallest absolute Gasteiger partial charge is 0.220 e. The van der Waals surface area contributed by atoms with E-state index in [4.69, 9.17) is 9.84 Å². The molecule has 1 rings (SSSR count). The molecule has 0 bridgehead atoms.